The van der Waals surface area contributed by atoms with Crippen molar-refractivity contribution < 1.29 is 0 Å². The van der Waals surface area contributed by atoms with Crippen molar-refractivity contribution in [3.8, 4) is 11.3 Å². The maximum atomic E-state index is 4.83. The van der Waals surface area contributed by atoms with E-state index in [1.165, 1.54) is 5.56 Å². The molecule has 2 aromatic carbocycles. The Morgan fingerprint density at radius 2 is 1.81 bits per heavy atom. The molecule has 4 rings (SSSR count). The fraction of sp³-hybridized carbons (Fsp3) is 0.240. The number of guanidine groups is 1. The van der Waals surface area contributed by atoms with E-state index in [4.69, 9.17) is 4.99 Å². The van der Waals surface area contributed by atoms with E-state index >= 15 is 0 Å². The van der Waals surface area contributed by atoms with Crippen LogP contribution in [0.5, 0.6) is 0 Å². The number of hydrogen-bond acceptors (Lipinski definition) is 3. The molecule has 0 saturated heterocycles. The predicted molar refractivity (Wildman–Crippen MR) is 128 cm³/mol. The molecule has 0 spiro atoms. The molecule has 0 aliphatic rings. The number of nitrogens with zero attached hydrogens (tertiary/aromatic N) is 5. The summed E-state index contributed by atoms with van der Waals surface area (Å²) in [6, 6.07) is 20.6. The third-order valence-corrected chi connectivity index (χ3v) is 5.16. The Morgan fingerprint density at radius 3 is 2.56 bits per heavy atom. The summed E-state index contributed by atoms with van der Waals surface area (Å²) in [7, 11) is 2.02. The maximum Gasteiger partial charge on any atom is 0.194 e. The topological polar surface area (TPSA) is 74.1 Å². The lowest BCUT2D eigenvalue weighted by molar-refractivity contribution is 0.463. The zero-order chi connectivity index (χ0) is 22.2. The van der Waals surface area contributed by atoms with Crippen molar-refractivity contribution in [3.63, 3.8) is 0 Å². The molecule has 0 saturated carbocycles. The summed E-state index contributed by atoms with van der Waals surface area (Å²) in [4.78, 5) is 19.4. The van der Waals surface area contributed by atoms with Gasteiger partial charge in [0.15, 0.2) is 5.96 Å². The minimum atomic E-state index is 0.500. The highest BCUT2D eigenvalue weighted by molar-refractivity contribution is 5.79. The average molecular weight is 428 g/mol. The zero-order valence-corrected chi connectivity index (χ0v) is 18.6. The van der Waals surface area contributed by atoms with Gasteiger partial charge in [0.2, 0.25) is 0 Å². The SMILES string of the molecule is CCNC(=NCc1nccn1Cc1ccccc1)N(C)Cc1ncc(-c2ccccc2)[nH]1. The molecule has 2 aromatic heterocycles. The summed E-state index contributed by atoms with van der Waals surface area (Å²) in [6.45, 7) is 4.76. The number of benzene rings is 2. The van der Waals surface area contributed by atoms with E-state index in [1.54, 1.807) is 0 Å². The summed E-state index contributed by atoms with van der Waals surface area (Å²) in [5.74, 6) is 2.64. The van der Waals surface area contributed by atoms with Gasteiger partial charge in [-0.1, -0.05) is 60.7 Å². The molecule has 7 heteroatoms. The lowest BCUT2D eigenvalue weighted by Crippen LogP contribution is -2.38. The second-order valence-corrected chi connectivity index (χ2v) is 7.59. The molecule has 0 amide bonds. The molecule has 0 aliphatic carbocycles. The first-order valence-electron chi connectivity index (χ1n) is 10.9. The van der Waals surface area contributed by atoms with Crippen LogP contribution in [0.2, 0.25) is 0 Å². The fourth-order valence-electron chi connectivity index (χ4n) is 3.54. The van der Waals surface area contributed by atoms with Crippen molar-refractivity contribution in [3.05, 3.63) is 96.5 Å². The number of aliphatic imine (C=N–C) groups is 1. The van der Waals surface area contributed by atoms with Gasteiger partial charge in [0.25, 0.3) is 0 Å². The highest BCUT2D eigenvalue weighted by Crippen LogP contribution is 2.16. The van der Waals surface area contributed by atoms with Gasteiger partial charge in [0.05, 0.1) is 18.4 Å². The first-order chi connectivity index (χ1) is 15.7. The van der Waals surface area contributed by atoms with Crippen molar-refractivity contribution in [2.45, 2.75) is 26.6 Å². The highest BCUT2D eigenvalue weighted by Gasteiger charge is 2.11. The second-order valence-electron chi connectivity index (χ2n) is 7.59. The molecule has 0 atom stereocenters. The van der Waals surface area contributed by atoms with Gasteiger partial charge in [-0.05, 0) is 18.1 Å². The van der Waals surface area contributed by atoms with E-state index < -0.39 is 0 Å². The summed E-state index contributed by atoms with van der Waals surface area (Å²) in [5, 5.41) is 3.37. The van der Waals surface area contributed by atoms with Crippen molar-refractivity contribution in [1.29, 1.82) is 0 Å². The van der Waals surface area contributed by atoms with E-state index in [-0.39, 0.29) is 0 Å². The monoisotopic (exact) mass is 427 g/mol. The Balaban J connectivity index is 1.43. The van der Waals surface area contributed by atoms with E-state index in [2.05, 4.69) is 73.1 Å². The third-order valence-electron chi connectivity index (χ3n) is 5.16. The molecule has 0 unspecified atom stereocenters. The van der Waals surface area contributed by atoms with E-state index in [1.807, 2.05) is 49.9 Å². The Labute approximate surface area is 188 Å². The molecule has 7 nitrogen and oxygen atoms in total. The molecule has 0 bridgehead atoms. The van der Waals surface area contributed by atoms with Crippen LogP contribution in [0, 0.1) is 0 Å². The van der Waals surface area contributed by atoms with Gasteiger partial charge in [-0.15, -0.1) is 0 Å². The molecule has 0 radical (unpaired) electrons. The zero-order valence-electron chi connectivity index (χ0n) is 18.6. The van der Waals surface area contributed by atoms with E-state index in [0.717, 1.165) is 42.0 Å². The van der Waals surface area contributed by atoms with Gasteiger partial charge < -0.3 is 19.8 Å². The van der Waals surface area contributed by atoms with Crippen LogP contribution in [-0.2, 0) is 19.6 Å². The number of H-pyrrole nitrogens is 1. The van der Waals surface area contributed by atoms with Gasteiger partial charge in [-0.2, -0.15) is 0 Å². The van der Waals surface area contributed by atoms with Crippen LogP contribution in [-0.4, -0.2) is 44.0 Å². The molecule has 0 aliphatic heterocycles. The fourth-order valence-corrected chi connectivity index (χ4v) is 3.54. The van der Waals surface area contributed by atoms with Crippen molar-refractivity contribution in [1.82, 2.24) is 29.7 Å². The quantitative estimate of drug-likeness (QED) is 0.330. The lowest BCUT2D eigenvalue weighted by atomic mass is 10.2. The first kappa shape index (κ1) is 21.4. The van der Waals surface area contributed by atoms with Gasteiger partial charge in [0, 0.05) is 32.5 Å². The highest BCUT2D eigenvalue weighted by atomic mass is 15.3. The van der Waals surface area contributed by atoms with Crippen LogP contribution in [0.3, 0.4) is 0 Å². The second kappa shape index (κ2) is 10.4. The molecule has 2 heterocycles. The van der Waals surface area contributed by atoms with Crippen LogP contribution >= 0.6 is 0 Å². The number of nitrogens with one attached hydrogen (secondary N) is 2. The number of aromatic nitrogens is 4. The van der Waals surface area contributed by atoms with Crippen LogP contribution in [0.1, 0.15) is 24.1 Å². The molecule has 4 aromatic rings. The minimum absolute atomic E-state index is 0.500. The van der Waals surface area contributed by atoms with Crippen molar-refractivity contribution in [2.24, 2.45) is 4.99 Å². The lowest BCUT2D eigenvalue weighted by Gasteiger charge is -2.21. The normalized spacial score (nSPS) is 11.5. The molecule has 164 valence electrons. The Hall–Kier alpha value is -3.87. The predicted octanol–water partition coefficient (Wildman–Crippen LogP) is 3.92. The number of imidazole rings is 2. The minimum Gasteiger partial charge on any atom is -0.357 e. The molecule has 0 fully saturated rings. The van der Waals surface area contributed by atoms with Crippen LogP contribution in [0.25, 0.3) is 11.3 Å². The number of aromatic amines is 1. The van der Waals surface area contributed by atoms with Gasteiger partial charge in [-0.25, -0.2) is 15.0 Å². The number of rotatable bonds is 8. The molecular formula is C25H29N7. The molecule has 2 N–H and O–H groups in total. The van der Waals surface area contributed by atoms with Gasteiger partial charge in [0.1, 0.15) is 18.2 Å². The Kier molecular flexibility index (Phi) is 6.97. The summed E-state index contributed by atoms with van der Waals surface area (Å²) in [6.07, 6.45) is 5.71. The first-order valence-corrected chi connectivity index (χ1v) is 10.9. The van der Waals surface area contributed by atoms with Crippen LogP contribution in [0.4, 0.5) is 0 Å². The van der Waals surface area contributed by atoms with Gasteiger partial charge >= 0.3 is 0 Å². The van der Waals surface area contributed by atoms with Crippen molar-refractivity contribution in [2.75, 3.05) is 13.6 Å². The summed E-state index contributed by atoms with van der Waals surface area (Å²) >= 11 is 0. The summed E-state index contributed by atoms with van der Waals surface area (Å²) in [5.41, 5.74) is 3.38. The standard InChI is InChI=1S/C25H29N7/c1-3-26-25(29-17-24-27-14-15-32(24)18-20-10-6-4-7-11-20)31(2)19-23-28-16-22(30-23)21-12-8-5-9-13-21/h4-16H,3,17-19H2,1-2H3,(H,26,29)(H,28,30). The Bertz CT molecular complexity index is 1130. The van der Waals surface area contributed by atoms with Crippen LogP contribution in [0.15, 0.2) is 84.2 Å². The summed E-state index contributed by atoms with van der Waals surface area (Å²) < 4.78 is 2.14. The van der Waals surface area contributed by atoms with Gasteiger partial charge in [-0.3, -0.25) is 0 Å². The average Bonchev–Trinajstić information content (AvgIpc) is 3.47. The number of hydrogen-bond donors (Lipinski definition) is 2. The van der Waals surface area contributed by atoms with E-state index in [9.17, 15) is 0 Å². The smallest absolute Gasteiger partial charge is 0.194 e. The molecule has 32 heavy (non-hydrogen) atoms. The van der Waals surface area contributed by atoms with E-state index in [0.29, 0.717) is 13.1 Å². The Morgan fingerprint density at radius 1 is 1.06 bits per heavy atom. The van der Waals surface area contributed by atoms with Crippen molar-refractivity contribution >= 4 is 5.96 Å². The largest absolute Gasteiger partial charge is 0.357 e. The third kappa shape index (κ3) is 5.43. The molecular weight excluding hydrogens is 398 g/mol. The maximum absolute atomic E-state index is 4.83. The van der Waals surface area contributed by atoms with Crippen LogP contribution < -0.4 is 5.32 Å².